The van der Waals surface area contributed by atoms with Crippen molar-refractivity contribution in [3.63, 3.8) is 0 Å². The van der Waals surface area contributed by atoms with Crippen LogP contribution in [0.5, 0.6) is 17.2 Å². The molecule has 2 heterocycles. The number of amides is 1. The Kier molecular flexibility index (Phi) is 10.0. The minimum atomic E-state index is 0.0279. The molecule has 0 fully saturated rings. The van der Waals surface area contributed by atoms with E-state index in [-0.39, 0.29) is 5.91 Å². The van der Waals surface area contributed by atoms with Crippen LogP contribution in [0.4, 0.5) is 0 Å². The Hall–Kier alpha value is -3.77. The lowest BCUT2D eigenvalue weighted by atomic mass is 9.88. The van der Waals surface area contributed by atoms with E-state index in [0.717, 1.165) is 80.8 Å². The molecule has 1 amide bonds. The van der Waals surface area contributed by atoms with Crippen molar-refractivity contribution in [2.75, 3.05) is 27.3 Å². The van der Waals surface area contributed by atoms with Gasteiger partial charge in [-0.25, -0.2) is 0 Å². The average molecular weight is 529 g/mol. The molecule has 0 bridgehead atoms. The molecule has 6 nitrogen and oxygen atoms in total. The second kappa shape index (κ2) is 13.9. The van der Waals surface area contributed by atoms with Crippen LogP contribution >= 0.6 is 0 Å². The number of aryl methyl sites for hydroxylation is 3. The highest BCUT2D eigenvalue weighted by Crippen LogP contribution is 2.31. The zero-order valence-corrected chi connectivity index (χ0v) is 23.1. The normalized spacial score (nSPS) is 15.7. The van der Waals surface area contributed by atoms with Crippen molar-refractivity contribution in [1.82, 2.24) is 10.6 Å². The molecule has 0 unspecified atom stereocenters. The summed E-state index contributed by atoms with van der Waals surface area (Å²) in [7, 11) is 3.35. The minimum absolute atomic E-state index is 0.0279. The van der Waals surface area contributed by atoms with E-state index in [1.54, 1.807) is 20.3 Å². The molecule has 1 aliphatic carbocycles. The lowest BCUT2D eigenvalue weighted by Gasteiger charge is -2.18. The Morgan fingerprint density at radius 3 is 2.10 bits per heavy atom. The maximum Gasteiger partial charge on any atom is 0.251 e. The van der Waals surface area contributed by atoms with E-state index in [2.05, 4.69) is 29.3 Å². The van der Waals surface area contributed by atoms with Gasteiger partial charge in [-0.15, -0.1) is 0 Å². The predicted molar refractivity (Wildman–Crippen MR) is 157 cm³/mol. The molecule has 6 rings (SSSR count). The van der Waals surface area contributed by atoms with Crippen molar-refractivity contribution in [3.8, 4) is 17.2 Å². The van der Waals surface area contributed by atoms with Gasteiger partial charge < -0.3 is 25.2 Å². The molecule has 0 radical (unpaired) electrons. The van der Waals surface area contributed by atoms with Crippen molar-refractivity contribution in [1.29, 1.82) is 0 Å². The van der Waals surface area contributed by atoms with E-state index >= 15 is 0 Å². The van der Waals surface area contributed by atoms with Gasteiger partial charge >= 0.3 is 0 Å². The molecular formula is C33H40N2O4. The molecule has 0 saturated carbocycles. The molecule has 0 aromatic heterocycles. The number of carbonyl (C=O) groups excluding carboxylic acids is 1. The summed E-state index contributed by atoms with van der Waals surface area (Å²) in [5.41, 5.74) is 8.46. The number of carbonyl (C=O) groups is 1. The van der Waals surface area contributed by atoms with Crippen molar-refractivity contribution in [2.24, 2.45) is 0 Å². The molecule has 3 aliphatic rings. The molecule has 206 valence electrons. The number of phenolic OH excluding ortho intramolecular Hbond substituents is 1. The number of phenols is 1. The highest BCUT2D eigenvalue weighted by Gasteiger charge is 2.15. The molecular weight excluding hydrogens is 488 g/mol. The van der Waals surface area contributed by atoms with Gasteiger partial charge in [0.2, 0.25) is 0 Å². The van der Waals surface area contributed by atoms with Gasteiger partial charge in [0.05, 0.1) is 14.2 Å². The third-order valence-electron chi connectivity index (χ3n) is 7.39. The maximum absolute atomic E-state index is 11.6. The number of methoxy groups -OCH3 is 2. The molecule has 0 saturated heterocycles. The van der Waals surface area contributed by atoms with E-state index < -0.39 is 0 Å². The maximum atomic E-state index is 11.6. The number of allylic oxidation sites excluding steroid dienone is 1. The summed E-state index contributed by atoms with van der Waals surface area (Å²) < 4.78 is 10.3. The van der Waals surface area contributed by atoms with Gasteiger partial charge in [0.1, 0.15) is 17.2 Å². The summed E-state index contributed by atoms with van der Waals surface area (Å²) >= 11 is 0. The van der Waals surface area contributed by atoms with E-state index in [4.69, 9.17) is 9.47 Å². The van der Waals surface area contributed by atoms with Crippen molar-refractivity contribution in [2.45, 2.75) is 51.5 Å². The third kappa shape index (κ3) is 7.64. The van der Waals surface area contributed by atoms with Gasteiger partial charge in [-0.1, -0.05) is 18.7 Å². The first-order chi connectivity index (χ1) is 19.0. The zero-order chi connectivity index (χ0) is 27.6. The van der Waals surface area contributed by atoms with Crippen LogP contribution < -0.4 is 20.1 Å². The van der Waals surface area contributed by atoms with E-state index in [1.807, 2.05) is 36.4 Å². The van der Waals surface area contributed by atoms with E-state index in [1.165, 1.54) is 34.2 Å². The van der Waals surface area contributed by atoms with Gasteiger partial charge in [-0.3, -0.25) is 4.79 Å². The van der Waals surface area contributed by atoms with Crippen LogP contribution in [0.25, 0.3) is 5.57 Å². The molecule has 3 aromatic rings. The first-order valence-electron chi connectivity index (χ1n) is 13.8. The van der Waals surface area contributed by atoms with Crippen molar-refractivity contribution in [3.05, 3.63) is 94.6 Å². The zero-order valence-electron chi connectivity index (χ0n) is 23.1. The summed E-state index contributed by atoms with van der Waals surface area (Å²) in [5.74, 6) is 2.18. The number of hydrogen-bond acceptors (Lipinski definition) is 5. The number of rotatable bonds is 2. The van der Waals surface area contributed by atoms with Gasteiger partial charge in [0, 0.05) is 18.7 Å². The fraction of sp³-hybridized carbons (Fsp3) is 0.364. The monoisotopic (exact) mass is 528 g/mol. The number of nitrogens with one attached hydrogen (secondary N) is 2. The molecule has 6 heteroatoms. The second-order valence-electron chi connectivity index (χ2n) is 10.1. The van der Waals surface area contributed by atoms with Crippen LogP contribution in [0, 0.1) is 0 Å². The molecule has 3 aromatic carbocycles. The quantitative estimate of drug-likeness (QED) is 0.389. The predicted octanol–water partition coefficient (Wildman–Crippen LogP) is 5.84. The Balaban J connectivity index is 0.000000136. The molecule has 0 atom stereocenters. The summed E-state index contributed by atoms with van der Waals surface area (Å²) in [6.07, 6.45) is 7.69. The number of ether oxygens (including phenoxy) is 2. The fourth-order valence-corrected chi connectivity index (χ4v) is 5.22. The Bertz CT molecular complexity index is 1300. The lowest BCUT2D eigenvalue weighted by molar-refractivity contribution is 0.0956. The molecule has 0 spiro atoms. The first kappa shape index (κ1) is 28.2. The van der Waals surface area contributed by atoms with E-state index in [9.17, 15) is 9.90 Å². The Morgan fingerprint density at radius 1 is 0.718 bits per heavy atom. The van der Waals surface area contributed by atoms with Crippen molar-refractivity contribution < 1.29 is 19.4 Å². The van der Waals surface area contributed by atoms with Gasteiger partial charge in [0.15, 0.2) is 0 Å². The fourth-order valence-electron chi connectivity index (χ4n) is 5.22. The molecule has 2 aliphatic heterocycles. The molecule has 3 N–H and O–H groups in total. The first-order valence-corrected chi connectivity index (χ1v) is 13.8. The number of hydrogen-bond donors (Lipinski definition) is 3. The summed E-state index contributed by atoms with van der Waals surface area (Å²) in [5, 5.41) is 15.5. The third-order valence-corrected chi connectivity index (χ3v) is 7.39. The molecule has 39 heavy (non-hydrogen) atoms. The Labute approximate surface area is 232 Å². The summed E-state index contributed by atoms with van der Waals surface area (Å²) in [4.78, 5) is 11.6. The van der Waals surface area contributed by atoms with Crippen LogP contribution in [0.2, 0.25) is 0 Å². The highest BCUT2D eigenvalue weighted by atomic mass is 16.5. The van der Waals surface area contributed by atoms with Crippen molar-refractivity contribution >= 4 is 11.5 Å². The average Bonchev–Trinajstić information content (AvgIpc) is 3.31. The Morgan fingerprint density at radius 2 is 1.36 bits per heavy atom. The number of benzene rings is 3. The standard InChI is InChI=1S/C12H14O.C11H13NO2.C10H13NO/c1-9-4-3-5-10-8-11(13-2)6-7-12(9)10;1-14-9-4-5-10-8(7-9)3-2-6-12-11(10)13;12-10-4-3-9-7-11-5-1-2-8(9)6-10/h6-8H,1,3-5H2,2H3;4-5,7H,2-3,6H2,1H3,(H,12,13);3-4,6,11-12H,1-2,5,7H2. The highest BCUT2D eigenvalue weighted by molar-refractivity contribution is 5.96. The summed E-state index contributed by atoms with van der Waals surface area (Å²) in [6.45, 7) is 6.85. The van der Waals surface area contributed by atoms with Crippen LogP contribution in [-0.4, -0.2) is 38.3 Å². The van der Waals surface area contributed by atoms with Crippen LogP contribution in [0.1, 0.15) is 63.9 Å². The van der Waals surface area contributed by atoms with Gasteiger partial charge in [-0.2, -0.15) is 0 Å². The minimum Gasteiger partial charge on any atom is -0.508 e. The van der Waals surface area contributed by atoms with Crippen LogP contribution in [-0.2, 0) is 25.8 Å². The van der Waals surface area contributed by atoms with Gasteiger partial charge in [0.25, 0.3) is 5.91 Å². The SMILES string of the molecule is C=C1CCCc2cc(OC)ccc21.COc1ccc2c(c1)CCCNC2=O.Oc1ccc2c(c1)CCCNC2. The number of aromatic hydroxyl groups is 1. The number of fused-ring (bicyclic) bond motifs is 3. The smallest absolute Gasteiger partial charge is 0.251 e. The van der Waals surface area contributed by atoms with Gasteiger partial charge in [-0.05, 0) is 127 Å². The van der Waals surface area contributed by atoms with E-state index in [0.29, 0.717) is 5.75 Å². The van der Waals surface area contributed by atoms with Crippen LogP contribution in [0.3, 0.4) is 0 Å². The largest absolute Gasteiger partial charge is 0.508 e. The second-order valence-corrected chi connectivity index (χ2v) is 10.1. The lowest BCUT2D eigenvalue weighted by Crippen LogP contribution is -2.22. The topological polar surface area (TPSA) is 79.8 Å². The van der Waals surface area contributed by atoms with Crippen LogP contribution in [0.15, 0.2) is 61.2 Å². The summed E-state index contributed by atoms with van der Waals surface area (Å²) in [6, 6.07) is 17.5.